The standard InChI is InChI=1S/C28H27Cl2N3O2/c29-22-13-9-20(10-14-22)18-28(35)31-17-5-1-2-8-27-32-24-6-3-4-7-25(24)33(27)19-26(34)21-11-15-23(30)16-12-21/h3-4,6-7,9-16H,1-2,5,8,17-19H2,(H,31,35). The van der Waals surface area contributed by atoms with Crippen LogP contribution in [0.15, 0.2) is 72.8 Å². The fraction of sp³-hybridized carbons (Fsp3) is 0.250. The molecule has 0 radical (unpaired) electrons. The zero-order chi connectivity index (χ0) is 24.6. The summed E-state index contributed by atoms with van der Waals surface area (Å²) in [6.07, 6.45) is 3.88. The maximum Gasteiger partial charge on any atom is 0.224 e. The molecule has 1 heterocycles. The Morgan fingerprint density at radius 2 is 1.51 bits per heavy atom. The van der Waals surface area contributed by atoms with E-state index in [0.29, 0.717) is 28.6 Å². The van der Waals surface area contributed by atoms with E-state index in [1.165, 1.54) is 0 Å². The van der Waals surface area contributed by atoms with Crippen LogP contribution in [0, 0.1) is 0 Å². The lowest BCUT2D eigenvalue weighted by molar-refractivity contribution is -0.120. The number of imidazole rings is 1. The van der Waals surface area contributed by atoms with Crippen LogP contribution in [-0.4, -0.2) is 27.8 Å². The number of benzene rings is 3. The molecule has 4 aromatic rings. The predicted octanol–water partition coefficient (Wildman–Crippen LogP) is 6.30. The highest BCUT2D eigenvalue weighted by molar-refractivity contribution is 6.30. The molecular weight excluding hydrogens is 481 g/mol. The highest BCUT2D eigenvalue weighted by Crippen LogP contribution is 2.19. The van der Waals surface area contributed by atoms with Gasteiger partial charge in [-0.25, -0.2) is 4.98 Å². The molecule has 0 saturated heterocycles. The van der Waals surface area contributed by atoms with Crippen molar-refractivity contribution in [3.63, 3.8) is 0 Å². The Hall–Kier alpha value is -3.15. The molecule has 1 aromatic heterocycles. The number of fused-ring (bicyclic) bond motifs is 1. The van der Waals surface area contributed by atoms with E-state index in [-0.39, 0.29) is 18.2 Å². The molecule has 0 unspecified atom stereocenters. The van der Waals surface area contributed by atoms with Gasteiger partial charge < -0.3 is 9.88 Å². The fourth-order valence-electron chi connectivity index (χ4n) is 4.03. The van der Waals surface area contributed by atoms with Gasteiger partial charge in [0.25, 0.3) is 0 Å². The van der Waals surface area contributed by atoms with Gasteiger partial charge in [-0.05, 0) is 66.9 Å². The van der Waals surface area contributed by atoms with Crippen molar-refractivity contribution in [3.05, 3.63) is 99.8 Å². The fourth-order valence-corrected chi connectivity index (χ4v) is 4.28. The van der Waals surface area contributed by atoms with Crippen molar-refractivity contribution in [1.29, 1.82) is 0 Å². The third-order valence-corrected chi connectivity index (χ3v) is 6.38. The van der Waals surface area contributed by atoms with Crippen LogP contribution in [0.1, 0.15) is 41.0 Å². The second-order valence-electron chi connectivity index (χ2n) is 8.50. The van der Waals surface area contributed by atoms with Gasteiger partial charge in [0.05, 0.1) is 24.0 Å². The zero-order valence-electron chi connectivity index (χ0n) is 19.3. The Balaban J connectivity index is 1.28. The van der Waals surface area contributed by atoms with E-state index in [1.54, 1.807) is 36.4 Å². The number of unbranched alkanes of at least 4 members (excludes halogenated alkanes) is 2. The SMILES string of the molecule is O=C(Cc1ccc(Cl)cc1)NCCCCCc1nc2ccccc2n1CC(=O)c1ccc(Cl)cc1. The van der Waals surface area contributed by atoms with Gasteiger partial charge >= 0.3 is 0 Å². The maximum absolute atomic E-state index is 12.9. The smallest absolute Gasteiger partial charge is 0.224 e. The molecular formula is C28H27Cl2N3O2. The topological polar surface area (TPSA) is 64.0 Å². The molecule has 7 heteroatoms. The van der Waals surface area contributed by atoms with E-state index in [0.717, 1.165) is 48.1 Å². The summed E-state index contributed by atoms with van der Waals surface area (Å²) in [7, 11) is 0. The van der Waals surface area contributed by atoms with Crippen LogP contribution in [-0.2, 0) is 24.2 Å². The molecule has 180 valence electrons. The maximum atomic E-state index is 12.9. The molecule has 5 nitrogen and oxygen atoms in total. The third kappa shape index (κ3) is 6.93. The first-order valence-corrected chi connectivity index (χ1v) is 12.5. The number of ketones is 1. The average Bonchev–Trinajstić information content (AvgIpc) is 3.20. The number of hydrogen-bond acceptors (Lipinski definition) is 3. The van der Waals surface area contributed by atoms with E-state index < -0.39 is 0 Å². The summed E-state index contributed by atoms with van der Waals surface area (Å²) in [5.41, 5.74) is 3.42. The lowest BCUT2D eigenvalue weighted by Gasteiger charge is -2.09. The number of aromatic nitrogens is 2. The quantitative estimate of drug-likeness (QED) is 0.191. The van der Waals surface area contributed by atoms with Gasteiger partial charge in [0.1, 0.15) is 5.82 Å². The monoisotopic (exact) mass is 507 g/mol. The van der Waals surface area contributed by atoms with Crippen LogP contribution in [0.5, 0.6) is 0 Å². The summed E-state index contributed by atoms with van der Waals surface area (Å²) in [5, 5.41) is 4.25. The van der Waals surface area contributed by atoms with Crippen molar-refractivity contribution < 1.29 is 9.59 Å². The molecule has 4 rings (SSSR count). The minimum absolute atomic E-state index is 0.00910. The summed E-state index contributed by atoms with van der Waals surface area (Å²) in [6.45, 7) is 0.871. The molecule has 35 heavy (non-hydrogen) atoms. The third-order valence-electron chi connectivity index (χ3n) is 5.88. The zero-order valence-corrected chi connectivity index (χ0v) is 20.9. The molecule has 0 bridgehead atoms. The highest BCUT2D eigenvalue weighted by atomic mass is 35.5. The summed E-state index contributed by atoms with van der Waals surface area (Å²) < 4.78 is 2.01. The summed E-state index contributed by atoms with van der Waals surface area (Å²) in [5.74, 6) is 0.935. The number of nitrogens with zero attached hydrogens (tertiary/aromatic N) is 2. The Morgan fingerprint density at radius 1 is 0.829 bits per heavy atom. The molecule has 0 aliphatic rings. The Morgan fingerprint density at radius 3 is 2.26 bits per heavy atom. The number of para-hydroxylation sites is 2. The van der Waals surface area contributed by atoms with Crippen molar-refractivity contribution in [2.45, 2.75) is 38.6 Å². The lowest BCUT2D eigenvalue weighted by atomic mass is 10.1. The minimum atomic E-state index is 0.00910. The second kappa shape index (κ2) is 12.0. The van der Waals surface area contributed by atoms with E-state index in [2.05, 4.69) is 5.32 Å². The number of rotatable bonds is 11. The molecule has 0 fully saturated rings. The second-order valence-corrected chi connectivity index (χ2v) is 9.37. The number of carbonyl (C=O) groups excluding carboxylic acids is 2. The van der Waals surface area contributed by atoms with Crippen LogP contribution in [0.2, 0.25) is 10.0 Å². The van der Waals surface area contributed by atoms with Crippen molar-refractivity contribution >= 4 is 45.9 Å². The molecule has 0 aliphatic carbocycles. The number of nitrogens with one attached hydrogen (secondary N) is 1. The van der Waals surface area contributed by atoms with Crippen molar-refractivity contribution in [1.82, 2.24) is 14.9 Å². The first kappa shape index (κ1) is 25.0. The van der Waals surface area contributed by atoms with Gasteiger partial charge in [-0.2, -0.15) is 0 Å². The predicted molar refractivity (Wildman–Crippen MR) is 141 cm³/mol. The normalized spacial score (nSPS) is 11.0. The van der Waals surface area contributed by atoms with Crippen LogP contribution >= 0.6 is 23.2 Å². The van der Waals surface area contributed by atoms with Gasteiger partial charge in [-0.15, -0.1) is 0 Å². The van der Waals surface area contributed by atoms with Gasteiger partial charge in [-0.3, -0.25) is 9.59 Å². The first-order valence-electron chi connectivity index (χ1n) is 11.7. The van der Waals surface area contributed by atoms with Gasteiger partial charge in [-0.1, -0.05) is 53.9 Å². The minimum Gasteiger partial charge on any atom is -0.356 e. The van der Waals surface area contributed by atoms with Crippen molar-refractivity contribution in [2.75, 3.05) is 6.54 Å². The molecule has 0 atom stereocenters. The first-order chi connectivity index (χ1) is 17.0. The van der Waals surface area contributed by atoms with E-state index >= 15 is 0 Å². The molecule has 3 aromatic carbocycles. The Labute approximate surface area is 215 Å². The molecule has 1 amide bonds. The number of amides is 1. The van der Waals surface area contributed by atoms with Crippen LogP contribution in [0.25, 0.3) is 11.0 Å². The number of aryl methyl sites for hydroxylation is 1. The molecule has 0 aliphatic heterocycles. The molecule has 1 N–H and O–H groups in total. The average molecular weight is 508 g/mol. The molecule has 0 spiro atoms. The van der Waals surface area contributed by atoms with Crippen molar-refractivity contribution in [2.24, 2.45) is 0 Å². The van der Waals surface area contributed by atoms with Crippen LogP contribution in [0.3, 0.4) is 0 Å². The lowest BCUT2D eigenvalue weighted by Crippen LogP contribution is -2.26. The van der Waals surface area contributed by atoms with E-state index in [4.69, 9.17) is 28.2 Å². The van der Waals surface area contributed by atoms with E-state index in [9.17, 15) is 9.59 Å². The van der Waals surface area contributed by atoms with Crippen molar-refractivity contribution in [3.8, 4) is 0 Å². The van der Waals surface area contributed by atoms with Crippen LogP contribution < -0.4 is 5.32 Å². The number of Topliss-reactive ketones (excluding diaryl/α,β-unsaturated/α-hetero) is 1. The summed E-state index contributed by atoms with van der Waals surface area (Å²) >= 11 is 11.8. The summed E-state index contributed by atoms with van der Waals surface area (Å²) in [4.78, 5) is 29.8. The van der Waals surface area contributed by atoms with Gasteiger partial charge in [0, 0.05) is 28.6 Å². The largest absolute Gasteiger partial charge is 0.356 e. The Bertz CT molecular complexity index is 1300. The van der Waals surface area contributed by atoms with Gasteiger partial charge in [0.2, 0.25) is 5.91 Å². The van der Waals surface area contributed by atoms with Crippen LogP contribution in [0.4, 0.5) is 0 Å². The van der Waals surface area contributed by atoms with Gasteiger partial charge in [0.15, 0.2) is 5.78 Å². The summed E-state index contributed by atoms with van der Waals surface area (Å²) in [6, 6.07) is 22.2. The number of carbonyl (C=O) groups is 2. The Kier molecular flexibility index (Phi) is 8.56. The number of halogens is 2. The number of hydrogen-bond donors (Lipinski definition) is 1. The van der Waals surface area contributed by atoms with E-state index in [1.807, 2.05) is 41.0 Å². The molecule has 0 saturated carbocycles. The highest BCUT2D eigenvalue weighted by Gasteiger charge is 2.15.